The SMILES string of the molecule is C=CNOCCCCO/C(C)=C/C=C(\C)COOC. The van der Waals surface area contributed by atoms with Crippen molar-refractivity contribution in [2.24, 2.45) is 0 Å². The minimum atomic E-state index is 0.452. The highest BCUT2D eigenvalue weighted by Crippen LogP contribution is 2.02. The molecule has 0 bridgehead atoms. The fourth-order valence-electron chi connectivity index (χ4n) is 1.14. The maximum absolute atomic E-state index is 5.55. The van der Waals surface area contributed by atoms with Crippen molar-refractivity contribution in [3.63, 3.8) is 0 Å². The Kier molecular flexibility index (Phi) is 12.2. The van der Waals surface area contributed by atoms with E-state index in [4.69, 9.17) is 14.5 Å². The van der Waals surface area contributed by atoms with Crippen molar-refractivity contribution in [1.29, 1.82) is 0 Å². The Morgan fingerprint density at radius 2 is 1.89 bits per heavy atom. The van der Waals surface area contributed by atoms with Gasteiger partial charge in [-0.15, -0.1) is 0 Å². The highest BCUT2D eigenvalue weighted by atomic mass is 17.2. The van der Waals surface area contributed by atoms with Crippen molar-refractivity contribution in [2.75, 3.05) is 26.9 Å². The minimum absolute atomic E-state index is 0.452. The summed E-state index contributed by atoms with van der Waals surface area (Å²) in [6.07, 6.45) is 7.26. The molecule has 1 N–H and O–H groups in total. The van der Waals surface area contributed by atoms with Crippen LogP contribution in [-0.2, 0) is 19.3 Å². The van der Waals surface area contributed by atoms with Crippen molar-refractivity contribution in [1.82, 2.24) is 5.48 Å². The van der Waals surface area contributed by atoms with Crippen molar-refractivity contribution >= 4 is 0 Å². The first-order valence-electron chi connectivity index (χ1n) is 6.31. The largest absolute Gasteiger partial charge is 0.498 e. The molecular weight excluding hydrogens is 246 g/mol. The van der Waals surface area contributed by atoms with E-state index in [1.54, 1.807) is 0 Å². The molecule has 5 nitrogen and oxygen atoms in total. The number of hydroxylamine groups is 1. The van der Waals surface area contributed by atoms with Crippen molar-refractivity contribution in [3.8, 4) is 0 Å². The average molecular weight is 271 g/mol. The number of allylic oxidation sites excluding steroid dienone is 3. The van der Waals surface area contributed by atoms with Crippen LogP contribution in [-0.4, -0.2) is 26.9 Å². The number of ether oxygens (including phenoxy) is 1. The minimum Gasteiger partial charge on any atom is -0.498 e. The van der Waals surface area contributed by atoms with Crippen molar-refractivity contribution in [2.45, 2.75) is 26.7 Å². The predicted molar refractivity (Wildman–Crippen MR) is 74.9 cm³/mol. The Labute approximate surface area is 115 Å². The van der Waals surface area contributed by atoms with E-state index in [0.29, 0.717) is 19.8 Å². The number of unbranched alkanes of at least 4 members (excludes halogenated alkanes) is 1. The van der Waals surface area contributed by atoms with Crippen LogP contribution in [0.25, 0.3) is 0 Å². The maximum Gasteiger partial charge on any atom is 0.103 e. The molecule has 0 aromatic heterocycles. The zero-order valence-electron chi connectivity index (χ0n) is 12.1. The molecule has 0 fully saturated rings. The van der Waals surface area contributed by atoms with Gasteiger partial charge in [0.15, 0.2) is 0 Å². The van der Waals surface area contributed by atoms with E-state index in [1.807, 2.05) is 26.0 Å². The number of rotatable bonds is 12. The summed E-state index contributed by atoms with van der Waals surface area (Å²) >= 11 is 0. The second kappa shape index (κ2) is 13.1. The highest BCUT2D eigenvalue weighted by Gasteiger charge is 1.93. The Hall–Kier alpha value is -1.30. The lowest BCUT2D eigenvalue weighted by atomic mass is 10.3. The number of nitrogens with one attached hydrogen (secondary N) is 1. The first-order chi connectivity index (χ1) is 9.20. The van der Waals surface area contributed by atoms with E-state index in [-0.39, 0.29) is 0 Å². The van der Waals surface area contributed by atoms with Gasteiger partial charge in [-0.1, -0.05) is 12.7 Å². The maximum atomic E-state index is 5.55. The quantitative estimate of drug-likeness (QED) is 0.194. The van der Waals surface area contributed by atoms with Gasteiger partial charge in [-0.3, -0.25) is 10.3 Å². The lowest BCUT2D eigenvalue weighted by Crippen LogP contribution is -2.07. The van der Waals surface area contributed by atoms with Gasteiger partial charge in [0.2, 0.25) is 0 Å². The van der Waals surface area contributed by atoms with E-state index in [0.717, 1.165) is 24.2 Å². The number of hydrogen-bond acceptors (Lipinski definition) is 5. The van der Waals surface area contributed by atoms with Gasteiger partial charge in [-0.05, 0) is 38.3 Å². The topological polar surface area (TPSA) is 49.0 Å². The summed E-state index contributed by atoms with van der Waals surface area (Å²) in [6, 6.07) is 0. The zero-order valence-corrected chi connectivity index (χ0v) is 12.1. The van der Waals surface area contributed by atoms with Crippen molar-refractivity contribution < 1.29 is 19.3 Å². The molecular formula is C14H25NO4. The molecule has 0 aliphatic heterocycles. The molecule has 0 radical (unpaired) electrons. The van der Waals surface area contributed by atoms with E-state index >= 15 is 0 Å². The fourth-order valence-corrected chi connectivity index (χ4v) is 1.14. The number of hydrogen-bond donors (Lipinski definition) is 1. The van der Waals surface area contributed by atoms with Crippen LogP contribution < -0.4 is 5.48 Å². The lowest BCUT2D eigenvalue weighted by Gasteiger charge is -2.06. The van der Waals surface area contributed by atoms with Gasteiger partial charge < -0.3 is 4.74 Å². The molecule has 0 unspecified atom stereocenters. The molecule has 0 aromatic carbocycles. The molecule has 0 heterocycles. The van der Waals surface area contributed by atoms with Gasteiger partial charge in [0.25, 0.3) is 0 Å². The summed E-state index contributed by atoms with van der Waals surface area (Å²) < 4.78 is 5.55. The van der Waals surface area contributed by atoms with Gasteiger partial charge in [-0.2, -0.15) is 0 Å². The van der Waals surface area contributed by atoms with E-state index in [9.17, 15) is 0 Å². The van der Waals surface area contributed by atoms with Crippen LogP contribution in [0.3, 0.4) is 0 Å². The second-order valence-electron chi connectivity index (χ2n) is 3.95. The molecule has 110 valence electrons. The predicted octanol–water partition coefficient (Wildman–Crippen LogP) is 2.88. The van der Waals surface area contributed by atoms with E-state index in [2.05, 4.69) is 16.9 Å². The molecule has 0 aromatic rings. The van der Waals surface area contributed by atoms with Crippen LogP contribution in [0.5, 0.6) is 0 Å². The van der Waals surface area contributed by atoms with Crippen LogP contribution in [0, 0.1) is 0 Å². The molecule has 19 heavy (non-hydrogen) atoms. The summed E-state index contributed by atoms with van der Waals surface area (Å²) in [4.78, 5) is 14.4. The van der Waals surface area contributed by atoms with E-state index in [1.165, 1.54) is 13.3 Å². The third kappa shape index (κ3) is 12.9. The van der Waals surface area contributed by atoms with Crippen LogP contribution in [0.2, 0.25) is 0 Å². The molecule has 0 aliphatic rings. The Balaban J connectivity index is 3.61. The summed E-state index contributed by atoms with van der Waals surface area (Å²) in [7, 11) is 1.49. The Morgan fingerprint density at radius 3 is 2.58 bits per heavy atom. The summed E-state index contributed by atoms with van der Waals surface area (Å²) in [5, 5.41) is 0. The monoisotopic (exact) mass is 271 g/mol. The van der Waals surface area contributed by atoms with Gasteiger partial charge >= 0.3 is 0 Å². The Bertz CT molecular complexity index is 287. The third-order valence-electron chi connectivity index (χ3n) is 2.14. The molecule has 0 spiro atoms. The van der Waals surface area contributed by atoms with Gasteiger partial charge in [-0.25, -0.2) is 9.78 Å². The average Bonchev–Trinajstić information content (AvgIpc) is 2.41. The highest BCUT2D eigenvalue weighted by molar-refractivity contribution is 5.12. The molecule has 0 amide bonds. The van der Waals surface area contributed by atoms with Crippen LogP contribution in [0.15, 0.2) is 36.3 Å². The van der Waals surface area contributed by atoms with E-state index < -0.39 is 0 Å². The lowest BCUT2D eigenvalue weighted by molar-refractivity contribution is -0.265. The molecule has 0 aliphatic carbocycles. The normalized spacial score (nSPS) is 12.4. The first-order valence-corrected chi connectivity index (χ1v) is 6.31. The summed E-state index contributed by atoms with van der Waals surface area (Å²) in [6.45, 7) is 9.15. The summed E-state index contributed by atoms with van der Waals surface area (Å²) in [5.41, 5.74) is 3.64. The molecule has 0 atom stereocenters. The molecule has 0 saturated heterocycles. The molecule has 0 saturated carbocycles. The van der Waals surface area contributed by atoms with Crippen LogP contribution in [0.1, 0.15) is 26.7 Å². The molecule has 0 rings (SSSR count). The van der Waals surface area contributed by atoms with Gasteiger partial charge in [0, 0.05) is 6.20 Å². The summed E-state index contributed by atoms with van der Waals surface area (Å²) in [5.74, 6) is 0.877. The van der Waals surface area contributed by atoms with Gasteiger partial charge in [0.05, 0.1) is 26.1 Å². The van der Waals surface area contributed by atoms with Crippen LogP contribution in [0.4, 0.5) is 0 Å². The van der Waals surface area contributed by atoms with Crippen molar-refractivity contribution in [3.05, 3.63) is 36.3 Å². The van der Waals surface area contributed by atoms with Gasteiger partial charge in [0.1, 0.15) is 6.61 Å². The third-order valence-corrected chi connectivity index (χ3v) is 2.14. The standard InChI is InChI=1S/C14H25NO4/c1-5-15-18-11-7-6-10-17-14(3)9-8-13(2)12-19-16-4/h5,8-9,15H,1,6-7,10-12H2,2-4H3/b13-8+,14-9+. The van der Waals surface area contributed by atoms with Crippen LogP contribution >= 0.6 is 0 Å². The Morgan fingerprint density at radius 1 is 1.16 bits per heavy atom. The second-order valence-corrected chi connectivity index (χ2v) is 3.95. The first kappa shape index (κ1) is 17.7. The molecule has 5 heteroatoms. The zero-order chi connectivity index (χ0) is 14.3. The fraction of sp³-hybridized carbons (Fsp3) is 0.571. The smallest absolute Gasteiger partial charge is 0.103 e.